The van der Waals surface area contributed by atoms with Crippen LogP contribution in [0.25, 0.3) is 0 Å². The fraction of sp³-hybridized carbons (Fsp3) is 0.310. The van der Waals surface area contributed by atoms with Gasteiger partial charge in [0.1, 0.15) is 18.3 Å². The lowest BCUT2D eigenvalue weighted by atomic mass is 10.1. The maximum absolute atomic E-state index is 14.0. The van der Waals surface area contributed by atoms with Crippen molar-refractivity contribution in [3.05, 3.63) is 87.4 Å². The van der Waals surface area contributed by atoms with Crippen molar-refractivity contribution in [1.29, 1.82) is 0 Å². The average Bonchev–Trinajstić information content (AvgIpc) is 2.93. The highest BCUT2D eigenvalue weighted by molar-refractivity contribution is 9.10. The van der Waals surface area contributed by atoms with Gasteiger partial charge in [0.15, 0.2) is 0 Å². The van der Waals surface area contributed by atoms with Gasteiger partial charge in [0.25, 0.3) is 10.0 Å². The molecule has 0 heterocycles. The van der Waals surface area contributed by atoms with E-state index in [1.165, 1.54) is 30.2 Å². The quantitative estimate of drug-likeness (QED) is 0.277. The van der Waals surface area contributed by atoms with Crippen LogP contribution in [0.15, 0.2) is 76.1 Å². The Hall–Kier alpha value is -3.08. The number of anilines is 1. The maximum atomic E-state index is 14.0. The van der Waals surface area contributed by atoms with Gasteiger partial charge >= 0.3 is 0 Å². The second-order valence-corrected chi connectivity index (χ2v) is 12.2. The molecule has 0 saturated carbocycles. The number of carbonyl (C=O) groups is 2. The number of benzene rings is 3. The number of methoxy groups -OCH3 is 1. The van der Waals surface area contributed by atoms with Gasteiger partial charge in [-0.15, -0.1) is 0 Å². The molecule has 0 fully saturated rings. The second kappa shape index (κ2) is 14.0. The van der Waals surface area contributed by atoms with E-state index in [4.69, 9.17) is 16.3 Å². The molecular formula is C29H33BrClN3O5S. The number of carbonyl (C=O) groups excluding carboxylic acids is 2. The van der Waals surface area contributed by atoms with Gasteiger partial charge in [0.05, 0.1) is 22.2 Å². The fourth-order valence-corrected chi connectivity index (χ4v) is 6.52. The van der Waals surface area contributed by atoms with Crippen LogP contribution >= 0.6 is 27.5 Å². The third kappa shape index (κ3) is 7.35. The molecule has 1 atom stereocenters. The molecule has 0 aliphatic heterocycles. The van der Waals surface area contributed by atoms with Crippen molar-refractivity contribution in [2.75, 3.05) is 24.5 Å². The number of aryl methyl sites for hydroxylation is 1. The predicted molar refractivity (Wildman–Crippen MR) is 161 cm³/mol. The number of ether oxygens (including phenoxy) is 1. The van der Waals surface area contributed by atoms with E-state index in [0.29, 0.717) is 39.5 Å². The smallest absolute Gasteiger partial charge is 0.264 e. The summed E-state index contributed by atoms with van der Waals surface area (Å²) in [7, 11) is -2.73. The third-order valence-electron chi connectivity index (χ3n) is 6.35. The first-order valence-corrected chi connectivity index (χ1v) is 15.4. The molecular weight excluding hydrogens is 618 g/mol. The monoisotopic (exact) mass is 649 g/mol. The molecule has 8 nitrogen and oxygen atoms in total. The van der Waals surface area contributed by atoms with Gasteiger partial charge in [-0.2, -0.15) is 0 Å². The lowest BCUT2D eigenvalue weighted by Gasteiger charge is -2.33. The number of rotatable bonds is 12. The second-order valence-electron chi connectivity index (χ2n) is 9.08. The Kier molecular flexibility index (Phi) is 11.0. The standard InChI is InChI=1S/C29H33BrClN3O5S/c1-5-26(29(36)32-6-2)33(18-21-9-7-8-10-25(21)31)28(35)19-34(22-13-11-20(3)12-14-22)40(37,38)23-15-16-27(39-4)24(30)17-23/h7-17,26H,5-6,18-19H2,1-4H3,(H,32,36)/t26-/m0/s1. The Morgan fingerprint density at radius 3 is 2.30 bits per heavy atom. The summed E-state index contributed by atoms with van der Waals surface area (Å²) in [6.45, 7) is 5.37. The number of hydrogen-bond donors (Lipinski definition) is 1. The molecule has 214 valence electrons. The summed E-state index contributed by atoms with van der Waals surface area (Å²) in [4.78, 5) is 28.4. The molecule has 3 aromatic carbocycles. The third-order valence-corrected chi connectivity index (χ3v) is 9.11. The number of amides is 2. The van der Waals surface area contributed by atoms with E-state index in [-0.39, 0.29) is 17.3 Å². The van der Waals surface area contributed by atoms with Gasteiger partial charge in [0.2, 0.25) is 11.8 Å². The highest BCUT2D eigenvalue weighted by Crippen LogP contribution is 2.31. The zero-order valence-corrected chi connectivity index (χ0v) is 26.0. The lowest BCUT2D eigenvalue weighted by molar-refractivity contribution is -0.140. The topological polar surface area (TPSA) is 96.0 Å². The van der Waals surface area contributed by atoms with Crippen molar-refractivity contribution in [1.82, 2.24) is 10.2 Å². The van der Waals surface area contributed by atoms with Crippen LogP contribution in [0.5, 0.6) is 5.75 Å². The van der Waals surface area contributed by atoms with Gasteiger partial charge in [-0.3, -0.25) is 13.9 Å². The van der Waals surface area contributed by atoms with E-state index in [1.807, 2.05) is 6.92 Å². The van der Waals surface area contributed by atoms with E-state index in [2.05, 4.69) is 21.2 Å². The average molecular weight is 651 g/mol. The summed E-state index contributed by atoms with van der Waals surface area (Å²) < 4.78 is 34.8. The molecule has 0 unspecified atom stereocenters. The van der Waals surface area contributed by atoms with Crippen LogP contribution in [-0.4, -0.2) is 51.4 Å². The number of hydrogen-bond acceptors (Lipinski definition) is 5. The Morgan fingerprint density at radius 1 is 1.05 bits per heavy atom. The highest BCUT2D eigenvalue weighted by Gasteiger charge is 2.34. The Morgan fingerprint density at radius 2 is 1.73 bits per heavy atom. The Balaban J connectivity index is 2.09. The molecule has 0 bridgehead atoms. The van der Waals surface area contributed by atoms with Crippen molar-refractivity contribution in [3.63, 3.8) is 0 Å². The van der Waals surface area contributed by atoms with Gasteiger partial charge in [-0.1, -0.05) is 54.4 Å². The fourth-order valence-electron chi connectivity index (χ4n) is 4.20. The normalized spacial score (nSPS) is 11.9. The van der Waals surface area contributed by atoms with Gasteiger partial charge in [0, 0.05) is 18.1 Å². The molecule has 0 radical (unpaired) electrons. The molecule has 40 heavy (non-hydrogen) atoms. The van der Waals surface area contributed by atoms with E-state index >= 15 is 0 Å². The van der Waals surface area contributed by atoms with Crippen molar-refractivity contribution in [3.8, 4) is 5.75 Å². The molecule has 3 aromatic rings. The van der Waals surface area contributed by atoms with Gasteiger partial charge in [-0.05, 0) is 78.2 Å². The Bertz CT molecular complexity index is 1450. The maximum Gasteiger partial charge on any atom is 0.264 e. The summed E-state index contributed by atoms with van der Waals surface area (Å²) in [5, 5.41) is 3.22. The number of halogens is 2. The SMILES string of the molecule is CCNC(=O)[C@H](CC)N(Cc1ccccc1Cl)C(=O)CN(c1ccc(C)cc1)S(=O)(=O)c1ccc(OC)c(Br)c1. The minimum absolute atomic E-state index is 0.0260. The van der Waals surface area contributed by atoms with Gasteiger partial charge < -0.3 is 15.0 Å². The van der Waals surface area contributed by atoms with Crippen LogP contribution in [0.3, 0.4) is 0 Å². The van der Waals surface area contributed by atoms with E-state index < -0.39 is 28.5 Å². The summed E-state index contributed by atoms with van der Waals surface area (Å²) in [6, 6.07) is 17.5. The number of nitrogens with zero attached hydrogens (tertiary/aromatic N) is 2. The minimum Gasteiger partial charge on any atom is -0.496 e. The van der Waals surface area contributed by atoms with Crippen LogP contribution in [-0.2, 0) is 26.2 Å². The summed E-state index contributed by atoms with van der Waals surface area (Å²) in [5.41, 5.74) is 1.89. The molecule has 0 spiro atoms. The molecule has 0 aromatic heterocycles. The van der Waals surface area contributed by atoms with E-state index in [1.54, 1.807) is 62.4 Å². The van der Waals surface area contributed by atoms with Crippen molar-refractivity contribution >= 4 is 55.1 Å². The van der Waals surface area contributed by atoms with Crippen molar-refractivity contribution in [2.45, 2.75) is 44.7 Å². The molecule has 2 amide bonds. The van der Waals surface area contributed by atoms with Crippen LogP contribution in [0.2, 0.25) is 5.02 Å². The van der Waals surface area contributed by atoms with Crippen LogP contribution in [0, 0.1) is 6.92 Å². The van der Waals surface area contributed by atoms with Crippen molar-refractivity contribution in [2.24, 2.45) is 0 Å². The van der Waals surface area contributed by atoms with E-state index in [0.717, 1.165) is 9.87 Å². The Labute approximate surface area is 249 Å². The summed E-state index contributed by atoms with van der Waals surface area (Å²) in [6.07, 6.45) is 0.324. The first-order chi connectivity index (χ1) is 19.0. The number of sulfonamides is 1. The minimum atomic E-state index is -4.21. The van der Waals surface area contributed by atoms with Gasteiger partial charge in [-0.25, -0.2) is 8.42 Å². The first kappa shape index (κ1) is 31.4. The van der Waals surface area contributed by atoms with Crippen molar-refractivity contribution < 1.29 is 22.7 Å². The predicted octanol–water partition coefficient (Wildman–Crippen LogP) is 5.56. The number of likely N-dealkylation sites (N-methyl/N-ethyl adjacent to an activating group) is 1. The first-order valence-electron chi connectivity index (χ1n) is 12.8. The van der Waals surface area contributed by atoms with Crippen LogP contribution in [0.1, 0.15) is 31.4 Å². The zero-order chi connectivity index (χ0) is 29.4. The lowest BCUT2D eigenvalue weighted by Crippen LogP contribution is -2.52. The highest BCUT2D eigenvalue weighted by atomic mass is 79.9. The molecule has 0 aliphatic carbocycles. The van der Waals surface area contributed by atoms with Crippen LogP contribution in [0.4, 0.5) is 5.69 Å². The molecule has 0 saturated heterocycles. The number of nitrogens with one attached hydrogen (secondary N) is 1. The van der Waals surface area contributed by atoms with E-state index in [9.17, 15) is 18.0 Å². The molecule has 3 rings (SSSR count). The summed E-state index contributed by atoms with van der Waals surface area (Å²) in [5.74, 6) is -0.403. The molecule has 0 aliphatic rings. The molecule has 11 heteroatoms. The molecule has 1 N–H and O–H groups in total. The van der Waals surface area contributed by atoms with Crippen LogP contribution < -0.4 is 14.4 Å². The largest absolute Gasteiger partial charge is 0.496 e. The summed E-state index contributed by atoms with van der Waals surface area (Å²) >= 11 is 9.76. The zero-order valence-electron chi connectivity index (χ0n) is 22.9.